The van der Waals surface area contributed by atoms with Crippen LogP contribution in [0.1, 0.15) is 48.3 Å². The van der Waals surface area contributed by atoms with Crippen LogP contribution in [0.25, 0.3) is 0 Å². The Morgan fingerprint density at radius 3 is 2.67 bits per heavy atom. The minimum atomic E-state index is -0.372. The Labute approximate surface area is 129 Å². The van der Waals surface area contributed by atoms with Crippen LogP contribution in [0.15, 0.2) is 29.6 Å². The molecule has 1 aromatic carbocycles. The van der Waals surface area contributed by atoms with Crippen molar-refractivity contribution >= 4 is 22.4 Å². The summed E-state index contributed by atoms with van der Waals surface area (Å²) in [5, 5.41) is 5.66. The fraction of sp³-hybridized carbons (Fsp3) is 0.375. The lowest BCUT2D eigenvalue weighted by Gasteiger charge is -2.07. The second kappa shape index (κ2) is 7.22. The Balaban J connectivity index is 1.92. The number of hydrogen-bond acceptors (Lipinski definition) is 5. The Morgan fingerprint density at radius 2 is 2.05 bits per heavy atom. The molecule has 0 radical (unpaired) electrons. The fourth-order valence-corrected chi connectivity index (χ4v) is 2.53. The van der Waals surface area contributed by atoms with Crippen molar-refractivity contribution in [2.24, 2.45) is 0 Å². The maximum atomic E-state index is 11.5. The predicted molar refractivity (Wildman–Crippen MR) is 85.9 cm³/mol. The van der Waals surface area contributed by atoms with Gasteiger partial charge in [0, 0.05) is 11.9 Å². The van der Waals surface area contributed by atoms with Gasteiger partial charge >= 0.3 is 5.97 Å². The van der Waals surface area contributed by atoms with E-state index in [4.69, 9.17) is 4.74 Å². The highest BCUT2D eigenvalue weighted by Gasteiger charge is 2.11. The van der Waals surface area contributed by atoms with E-state index in [2.05, 4.69) is 48.4 Å². The molecule has 0 aliphatic carbocycles. The molecule has 0 aliphatic heterocycles. The Morgan fingerprint density at radius 1 is 1.33 bits per heavy atom. The molecule has 0 aliphatic rings. The van der Waals surface area contributed by atoms with Crippen LogP contribution >= 0.6 is 11.3 Å². The van der Waals surface area contributed by atoms with Crippen LogP contribution < -0.4 is 5.32 Å². The van der Waals surface area contributed by atoms with Gasteiger partial charge in [0.05, 0.1) is 6.61 Å². The zero-order valence-electron chi connectivity index (χ0n) is 12.6. The second-order valence-corrected chi connectivity index (χ2v) is 5.87. The minimum absolute atomic E-state index is 0.361. The average molecular weight is 304 g/mol. The zero-order chi connectivity index (χ0) is 15.2. The maximum Gasteiger partial charge on any atom is 0.357 e. The summed E-state index contributed by atoms with van der Waals surface area (Å²) in [6, 6.07) is 8.52. The summed E-state index contributed by atoms with van der Waals surface area (Å²) < 4.78 is 4.92. The molecular weight excluding hydrogens is 284 g/mol. The highest BCUT2D eigenvalue weighted by atomic mass is 32.1. The number of anilines is 1. The molecule has 5 heteroatoms. The van der Waals surface area contributed by atoms with E-state index < -0.39 is 0 Å². The number of hydrogen-bond donors (Lipinski definition) is 1. The monoisotopic (exact) mass is 304 g/mol. The normalized spacial score (nSPS) is 10.7. The van der Waals surface area contributed by atoms with E-state index in [1.165, 1.54) is 22.5 Å². The van der Waals surface area contributed by atoms with Crippen molar-refractivity contribution in [3.8, 4) is 0 Å². The first-order chi connectivity index (χ1) is 10.1. The van der Waals surface area contributed by atoms with Crippen LogP contribution in [0.4, 0.5) is 5.13 Å². The number of carbonyl (C=O) groups excluding carboxylic acids is 1. The van der Waals surface area contributed by atoms with Gasteiger partial charge in [-0.2, -0.15) is 0 Å². The first-order valence-electron chi connectivity index (χ1n) is 7.05. The molecule has 0 saturated carbocycles. The third kappa shape index (κ3) is 4.29. The second-order valence-electron chi connectivity index (χ2n) is 5.01. The van der Waals surface area contributed by atoms with Gasteiger partial charge in [0.2, 0.25) is 0 Å². The summed E-state index contributed by atoms with van der Waals surface area (Å²) in [4.78, 5) is 15.8. The molecule has 1 aromatic heterocycles. The van der Waals surface area contributed by atoms with Crippen LogP contribution in [0.5, 0.6) is 0 Å². The highest BCUT2D eigenvalue weighted by Crippen LogP contribution is 2.18. The molecule has 0 fully saturated rings. The Bertz CT molecular complexity index is 591. The van der Waals surface area contributed by atoms with Crippen LogP contribution in [0, 0.1) is 0 Å². The fourth-order valence-electron chi connectivity index (χ4n) is 1.85. The topological polar surface area (TPSA) is 51.2 Å². The van der Waals surface area contributed by atoms with E-state index in [1.807, 2.05) is 0 Å². The Kier molecular flexibility index (Phi) is 5.33. The lowest BCUT2D eigenvalue weighted by Crippen LogP contribution is -2.05. The van der Waals surface area contributed by atoms with Gasteiger partial charge in [0.25, 0.3) is 0 Å². The van der Waals surface area contributed by atoms with E-state index in [9.17, 15) is 4.79 Å². The van der Waals surface area contributed by atoms with Gasteiger partial charge in [-0.05, 0) is 24.0 Å². The van der Waals surface area contributed by atoms with Crippen molar-refractivity contribution in [3.05, 3.63) is 46.5 Å². The van der Waals surface area contributed by atoms with Gasteiger partial charge in [-0.25, -0.2) is 9.78 Å². The van der Waals surface area contributed by atoms with E-state index in [1.54, 1.807) is 12.3 Å². The molecule has 0 amide bonds. The van der Waals surface area contributed by atoms with Crippen LogP contribution in [-0.2, 0) is 11.3 Å². The van der Waals surface area contributed by atoms with Crippen molar-refractivity contribution in [1.29, 1.82) is 0 Å². The van der Waals surface area contributed by atoms with Crippen LogP contribution in [0.2, 0.25) is 0 Å². The summed E-state index contributed by atoms with van der Waals surface area (Å²) >= 11 is 1.41. The molecule has 2 rings (SSSR count). The third-order valence-electron chi connectivity index (χ3n) is 3.08. The van der Waals surface area contributed by atoms with Gasteiger partial charge in [-0.1, -0.05) is 38.1 Å². The summed E-state index contributed by atoms with van der Waals surface area (Å²) in [5.74, 6) is 0.168. The maximum absolute atomic E-state index is 11.5. The standard InChI is InChI=1S/C16H20N2O2S/c1-4-20-15(19)14-10-21-16(18-14)17-9-12-5-7-13(8-6-12)11(2)3/h5-8,10-11H,4,9H2,1-3H3,(H,17,18). The number of nitrogens with zero attached hydrogens (tertiary/aromatic N) is 1. The summed E-state index contributed by atoms with van der Waals surface area (Å²) in [6.07, 6.45) is 0. The number of ether oxygens (including phenoxy) is 1. The van der Waals surface area contributed by atoms with Crippen molar-refractivity contribution in [2.75, 3.05) is 11.9 Å². The van der Waals surface area contributed by atoms with Crippen LogP contribution in [-0.4, -0.2) is 17.6 Å². The lowest BCUT2D eigenvalue weighted by molar-refractivity contribution is 0.0520. The van der Waals surface area contributed by atoms with Crippen molar-refractivity contribution in [3.63, 3.8) is 0 Å². The number of carbonyl (C=O) groups is 1. The molecule has 0 atom stereocenters. The number of rotatable bonds is 6. The number of benzene rings is 1. The van der Waals surface area contributed by atoms with Crippen molar-refractivity contribution < 1.29 is 9.53 Å². The highest BCUT2D eigenvalue weighted by molar-refractivity contribution is 7.13. The van der Waals surface area contributed by atoms with E-state index in [0.29, 0.717) is 24.8 Å². The third-order valence-corrected chi connectivity index (χ3v) is 3.88. The number of thiazole rings is 1. The SMILES string of the molecule is CCOC(=O)c1csc(NCc2ccc(C(C)C)cc2)n1. The zero-order valence-corrected chi connectivity index (χ0v) is 13.4. The summed E-state index contributed by atoms with van der Waals surface area (Å²) in [5.41, 5.74) is 2.88. The molecular formula is C16H20N2O2S. The lowest BCUT2D eigenvalue weighted by atomic mass is 10.0. The number of nitrogens with one attached hydrogen (secondary N) is 1. The first kappa shape index (κ1) is 15.5. The van der Waals surface area contributed by atoms with Gasteiger partial charge in [-0.15, -0.1) is 11.3 Å². The minimum Gasteiger partial charge on any atom is -0.461 e. The van der Waals surface area contributed by atoms with Gasteiger partial charge in [0.1, 0.15) is 0 Å². The van der Waals surface area contributed by atoms with E-state index in [-0.39, 0.29) is 5.97 Å². The summed E-state index contributed by atoms with van der Waals surface area (Å²) in [6.45, 7) is 7.19. The van der Waals surface area contributed by atoms with E-state index >= 15 is 0 Å². The molecule has 4 nitrogen and oxygen atoms in total. The van der Waals surface area contributed by atoms with Crippen molar-refractivity contribution in [2.45, 2.75) is 33.2 Å². The molecule has 0 spiro atoms. The predicted octanol–water partition coefficient (Wildman–Crippen LogP) is 4.06. The molecule has 0 saturated heterocycles. The molecule has 112 valence electrons. The smallest absolute Gasteiger partial charge is 0.357 e. The molecule has 21 heavy (non-hydrogen) atoms. The van der Waals surface area contributed by atoms with Crippen LogP contribution in [0.3, 0.4) is 0 Å². The van der Waals surface area contributed by atoms with E-state index in [0.717, 1.165) is 5.13 Å². The van der Waals surface area contributed by atoms with Gasteiger partial charge in [0.15, 0.2) is 10.8 Å². The number of esters is 1. The van der Waals surface area contributed by atoms with Crippen molar-refractivity contribution in [1.82, 2.24) is 4.98 Å². The first-order valence-corrected chi connectivity index (χ1v) is 7.93. The quantitative estimate of drug-likeness (QED) is 0.818. The molecule has 0 bridgehead atoms. The van der Waals surface area contributed by atoms with Gasteiger partial charge in [-0.3, -0.25) is 0 Å². The Hall–Kier alpha value is -1.88. The summed E-state index contributed by atoms with van der Waals surface area (Å²) in [7, 11) is 0. The molecule has 1 N–H and O–H groups in total. The average Bonchev–Trinajstić information content (AvgIpc) is 2.95. The molecule has 0 unspecified atom stereocenters. The largest absolute Gasteiger partial charge is 0.461 e. The number of aromatic nitrogens is 1. The van der Waals surface area contributed by atoms with Gasteiger partial charge < -0.3 is 10.1 Å². The molecule has 2 aromatic rings. The molecule has 1 heterocycles.